The number of hydrogen-bond acceptors (Lipinski definition) is 4. The van der Waals surface area contributed by atoms with Gasteiger partial charge in [-0.15, -0.1) is 4.79 Å². The number of nitrogens with one attached hydrogen (secondary N) is 1. The molecule has 4 rings (SSSR count). The minimum Gasteiger partial charge on any atom is -0.465 e. The van der Waals surface area contributed by atoms with Gasteiger partial charge in [-0.2, -0.15) is 5.10 Å². The maximum atomic E-state index is 13.0. The van der Waals surface area contributed by atoms with Crippen molar-refractivity contribution in [3.8, 4) is 0 Å². The maximum Gasteiger partial charge on any atom is 0.407 e. The third kappa shape index (κ3) is 5.41. The first kappa shape index (κ1) is 23.0. The van der Waals surface area contributed by atoms with Gasteiger partial charge in [0.25, 0.3) is 5.56 Å². The first-order valence-corrected chi connectivity index (χ1v) is 10.9. The molecule has 0 bridgehead atoms. The molecule has 9 heteroatoms. The molecule has 1 aromatic heterocycles. The Kier molecular flexibility index (Phi) is 6.89. The lowest BCUT2D eigenvalue weighted by Crippen LogP contribution is -2.38. The van der Waals surface area contributed by atoms with Gasteiger partial charge in [-0.3, -0.25) is 14.5 Å². The number of halogens is 1. The zero-order valence-corrected chi connectivity index (χ0v) is 18.8. The summed E-state index contributed by atoms with van der Waals surface area (Å²) in [5.74, 6) is -0.447. The van der Waals surface area contributed by atoms with Gasteiger partial charge in [0.1, 0.15) is 0 Å². The van der Waals surface area contributed by atoms with E-state index in [0.717, 1.165) is 15.9 Å². The lowest BCUT2D eigenvalue weighted by atomic mass is 10.1. The molecule has 3 aromatic carbocycles. The van der Waals surface area contributed by atoms with Crippen LogP contribution in [0.2, 0.25) is 5.02 Å². The normalized spacial score (nSPS) is 10.7. The molecular formula is C25H21ClN4O4. The number of hydrogen-bond donors (Lipinski definition) is 2. The van der Waals surface area contributed by atoms with Gasteiger partial charge in [-0.1, -0.05) is 72.3 Å². The molecular weight excluding hydrogens is 456 g/mol. The molecule has 0 fully saturated rings. The number of rotatable bonds is 7. The number of nitrogens with zero attached hydrogens (tertiary/aromatic N) is 3. The molecule has 2 amide bonds. The van der Waals surface area contributed by atoms with Crippen LogP contribution in [-0.4, -0.2) is 31.9 Å². The molecule has 0 atom stereocenters. The van der Waals surface area contributed by atoms with Crippen LogP contribution >= 0.6 is 11.6 Å². The number of amides is 2. The summed E-state index contributed by atoms with van der Waals surface area (Å²) in [6.45, 7) is 0.0757. The average Bonchev–Trinajstić information content (AvgIpc) is 2.83. The van der Waals surface area contributed by atoms with E-state index >= 15 is 0 Å². The van der Waals surface area contributed by atoms with E-state index in [1.165, 1.54) is 4.90 Å². The van der Waals surface area contributed by atoms with Crippen molar-refractivity contribution in [2.24, 2.45) is 0 Å². The Morgan fingerprint density at radius 2 is 1.53 bits per heavy atom. The molecule has 0 saturated carbocycles. The van der Waals surface area contributed by atoms with Crippen LogP contribution in [0.5, 0.6) is 0 Å². The average molecular weight is 477 g/mol. The van der Waals surface area contributed by atoms with Crippen molar-refractivity contribution in [1.82, 2.24) is 14.8 Å². The van der Waals surface area contributed by atoms with E-state index in [0.29, 0.717) is 21.5 Å². The fraction of sp³-hybridized carbons (Fsp3) is 0.120. The third-order valence-electron chi connectivity index (χ3n) is 5.22. The molecule has 2 N–H and O–H groups in total. The zero-order valence-electron chi connectivity index (χ0n) is 18.0. The number of carboxylic acid groups (broad SMARTS) is 1. The van der Waals surface area contributed by atoms with Crippen molar-refractivity contribution < 1.29 is 14.7 Å². The Balaban J connectivity index is 1.64. The predicted molar refractivity (Wildman–Crippen MR) is 129 cm³/mol. The van der Waals surface area contributed by atoms with Crippen LogP contribution in [0.4, 0.5) is 4.79 Å². The molecule has 0 spiro atoms. The van der Waals surface area contributed by atoms with Crippen LogP contribution in [0, 0.1) is 0 Å². The predicted octanol–water partition coefficient (Wildman–Crippen LogP) is 4.04. The first-order chi connectivity index (χ1) is 16.4. The minimum absolute atomic E-state index is 0.0166. The number of aromatic nitrogens is 2. The van der Waals surface area contributed by atoms with Crippen LogP contribution in [0.25, 0.3) is 10.8 Å². The Morgan fingerprint density at radius 1 is 0.882 bits per heavy atom. The highest BCUT2D eigenvalue weighted by Gasteiger charge is 2.18. The fourth-order valence-corrected chi connectivity index (χ4v) is 3.69. The molecule has 1 heterocycles. The maximum absolute atomic E-state index is 13.0. The van der Waals surface area contributed by atoms with Gasteiger partial charge < -0.3 is 5.11 Å². The lowest BCUT2D eigenvalue weighted by molar-refractivity contribution is -0.116. The third-order valence-corrected chi connectivity index (χ3v) is 5.47. The van der Waals surface area contributed by atoms with Crippen LogP contribution in [-0.2, 0) is 24.3 Å². The van der Waals surface area contributed by atoms with Gasteiger partial charge in [-0.05, 0) is 29.3 Å². The number of fused-ring (bicyclic) bond motifs is 1. The molecule has 0 unspecified atom stereocenters. The Labute approximate surface area is 200 Å². The largest absolute Gasteiger partial charge is 0.465 e. The van der Waals surface area contributed by atoms with E-state index in [1.54, 1.807) is 48.5 Å². The Morgan fingerprint density at radius 3 is 2.21 bits per heavy atom. The van der Waals surface area contributed by atoms with Crippen molar-refractivity contribution in [3.63, 3.8) is 0 Å². The Bertz CT molecular complexity index is 1390. The van der Waals surface area contributed by atoms with E-state index < -0.39 is 17.6 Å². The van der Waals surface area contributed by atoms with Crippen LogP contribution in [0.1, 0.15) is 16.8 Å². The summed E-state index contributed by atoms with van der Waals surface area (Å²) in [5, 5.41) is 15.5. The zero-order chi connectivity index (χ0) is 24.1. The number of carbonyl (C=O) groups excluding carboxylic acids is 1. The van der Waals surface area contributed by atoms with Crippen LogP contribution in [0.3, 0.4) is 0 Å². The SMILES string of the molecule is O=C(Cc1ccc(Cl)cc1)Nn1nc(CN(Cc2ccccc2)C(=O)O)c2ccccc2c1=O. The molecule has 4 aromatic rings. The van der Waals surface area contributed by atoms with Crippen molar-refractivity contribution in [2.45, 2.75) is 19.5 Å². The second-order valence-electron chi connectivity index (χ2n) is 7.67. The summed E-state index contributed by atoms with van der Waals surface area (Å²) in [6.07, 6.45) is -1.11. The van der Waals surface area contributed by atoms with Gasteiger partial charge in [0.05, 0.1) is 24.0 Å². The molecule has 8 nitrogen and oxygen atoms in total. The quantitative estimate of drug-likeness (QED) is 0.419. The number of benzene rings is 3. The van der Waals surface area contributed by atoms with E-state index in [4.69, 9.17) is 11.6 Å². The molecule has 0 aliphatic carbocycles. The van der Waals surface area contributed by atoms with E-state index in [2.05, 4.69) is 10.5 Å². The highest BCUT2D eigenvalue weighted by Crippen LogP contribution is 2.17. The molecule has 0 radical (unpaired) electrons. The van der Waals surface area contributed by atoms with Crippen LogP contribution < -0.4 is 11.0 Å². The number of carbonyl (C=O) groups is 2. The fourth-order valence-electron chi connectivity index (χ4n) is 3.57. The Hall–Kier alpha value is -4.17. The van der Waals surface area contributed by atoms with Gasteiger partial charge in [-0.25, -0.2) is 10.2 Å². The summed E-state index contributed by atoms with van der Waals surface area (Å²) < 4.78 is 0. The van der Waals surface area contributed by atoms with Gasteiger partial charge in [0.2, 0.25) is 5.91 Å². The lowest BCUT2D eigenvalue weighted by Gasteiger charge is -2.20. The molecule has 172 valence electrons. The van der Waals surface area contributed by atoms with E-state index in [1.807, 2.05) is 30.3 Å². The molecule has 0 saturated heterocycles. The minimum atomic E-state index is -1.13. The van der Waals surface area contributed by atoms with Gasteiger partial charge >= 0.3 is 6.09 Å². The van der Waals surface area contributed by atoms with E-state index in [9.17, 15) is 19.5 Å². The van der Waals surface area contributed by atoms with Crippen molar-refractivity contribution in [1.29, 1.82) is 0 Å². The van der Waals surface area contributed by atoms with Crippen LogP contribution in [0.15, 0.2) is 83.7 Å². The summed E-state index contributed by atoms with van der Waals surface area (Å²) in [6, 6.07) is 22.8. The summed E-state index contributed by atoms with van der Waals surface area (Å²) in [4.78, 5) is 39.6. The second kappa shape index (κ2) is 10.2. The highest BCUT2D eigenvalue weighted by atomic mass is 35.5. The van der Waals surface area contributed by atoms with Gasteiger partial charge in [0.15, 0.2) is 0 Å². The highest BCUT2D eigenvalue weighted by molar-refractivity contribution is 6.30. The van der Waals surface area contributed by atoms with Crippen molar-refractivity contribution in [2.75, 3.05) is 5.43 Å². The summed E-state index contributed by atoms with van der Waals surface area (Å²) in [7, 11) is 0. The second-order valence-corrected chi connectivity index (χ2v) is 8.11. The summed E-state index contributed by atoms with van der Waals surface area (Å²) in [5.41, 5.74) is 3.89. The standard InChI is InChI=1S/C25H21ClN4O4/c26-19-12-10-17(11-13-19)14-23(31)28-30-24(32)21-9-5-4-8-20(21)22(27-30)16-29(25(33)34)15-18-6-2-1-3-7-18/h1-13H,14-16H2,(H,28,31)(H,33,34). The van der Waals surface area contributed by atoms with E-state index in [-0.39, 0.29) is 19.5 Å². The molecule has 0 aliphatic rings. The van der Waals surface area contributed by atoms with Crippen molar-refractivity contribution in [3.05, 3.63) is 111 Å². The van der Waals surface area contributed by atoms with Gasteiger partial charge in [0, 0.05) is 17.0 Å². The topological polar surface area (TPSA) is 105 Å². The van der Waals surface area contributed by atoms with Crippen molar-refractivity contribution >= 4 is 34.4 Å². The smallest absolute Gasteiger partial charge is 0.407 e. The monoisotopic (exact) mass is 476 g/mol. The first-order valence-electron chi connectivity index (χ1n) is 10.5. The summed E-state index contributed by atoms with van der Waals surface area (Å²) >= 11 is 5.88. The molecule has 34 heavy (non-hydrogen) atoms. The molecule has 0 aliphatic heterocycles.